The number of benzene rings is 3. The first-order valence-electron chi connectivity index (χ1n) is 10.7. The van der Waals surface area contributed by atoms with E-state index in [0.717, 1.165) is 38.4 Å². The number of hydrogen-bond acceptors (Lipinski definition) is 4. The second kappa shape index (κ2) is 12.2. The number of nitrogens with zero attached hydrogens (tertiary/aromatic N) is 1. The number of carbonyl (C=O) groups is 1. The van der Waals surface area contributed by atoms with E-state index >= 15 is 0 Å². The summed E-state index contributed by atoms with van der Waals surface area (Å²) in [6, 6.07) is 19.1. The predicted molar refractivity (Wildman–Crippen MR) is 137 cm³/mol. The summed E-state index contributed by atoms with van der Waals surface area (Å²) < 4.78 is 41.0. The molecule has 0 unspecified atom stereocenters. The number of hydrogen-bond donors (Lipinski definition) is 1. The summed E-state index contributed by atoms with van der Waals surface area (Å²) >= 11 is 7.87. The Labute approximate surface area is 209 Å². The lowest BCUT2D eigenvalue weighted by Crippen LogP contribution is -2.41. The highest BCUT2D eigenvalue weighted by Gasteiger charge is 2.27. The maximum atomic E-state index is 13.4. The highest BCUT2D eigenvalue weighted by molar-refractivity contribution is 7.98. The second-order valence-electron chi connectivity index (χ2n) is 7.65. The van der Waals surface area contributed by atoms with Gasteiger partial charge in [0.05, 0.1) is 10.6 Å². The van der Waals surface area contributed by atoms with Gasteiger partial charge in [0.15, 0.2) is 0 Å². The van der Waals surface area contributed by atoms with Crippen molar-refractivity contribution < 1.29 is 17.6 Å². The van der Waals surface area contributed by atoms with Gasteiger partial charge in [-0.2, -0.15) is 11.8 Å². The molecule has 3 aromatic rings. The summed E-state index contributed by atoms with van der Waals surface area (Å²) in [6.07, 6.45) is 0.724. The number of rotatable bonds is 11. The minimum absolute atomic E-state index is 0.0613. The molecular weight excluding hydrogens is 495 g/mol. The van der Waals surface area contributed by atoms with Crippen molar-refractivity contribution in [3.05, 3.63) is 94.8 Å². The molecule has 0 aliphatic rings. The first kappa shape index (κ1) is 26.1. The van der Waals surface area contributed by atoms with Crippen molar-refractivity contribution in [3.8, 4) is 0 Å². The van der Waals surface area contributed by atoms with Crippen molar-refractivity contribution in [2.45, 2.75) is 24.0 Å². The fourth-order valence-electron chi connectivity index (χ4n) is 3.15. The maximum Gasteiger partial charge on any atom is 0.264 e. The molecule has 0 atom stereocenters. The first-order chi connectivity index (χ1) is 16.3. The molecule has 0 saturated carbocycles. The third kappa shape index (κ3) is 7.22. The van der Waals surface area contributed by atoms with Crippen LogP contribution < -0.4 is 9.62 Å². The molecule has 0 fully saturated rings. The standard InChI is InChI=1S/C25H26ClFN2O3S2/c1-19-7-13-23(14-8-19)34(31,32)29(22-11-9-21(27)10-12-22)17-25(30)28-15-4-16-33-18-20-5-2-3-6-24(20)26/h2-3,5-14H,4,15-18H2,1H3,(H,28,30). The fraction of sp³-hybridized carbons (Fsp3) is 0.240. The van der Waals surface area contributed by atoms with Crippen LogP contribution in [0.2, 0.25) is 5.02 Å². The Bertz CT molecular complexity index is 1200. The van der Waals surface area contributed by atoms with Gasteiger partial charge in [0.25, 0.3) is 10.0 Å². The number of amides is 1. The van der Waals surface area contributed by atoms with Crippen LogP contribution in [0.3, 0.4) is 0 Å². The van der Waals surface area contributed by atoms with Gasteiger partial charge in [-0.05, 0) is 67.1 Å². The van der Waals surface area contributed by atoms with Crippen LogP contribution in [0.5, 0.6) is 0 Å². The van der Waals surface area contributed by atoms with Crippen LogP contribution in [0.25, 0.3) is 0 Å². The van der Waals surface area contributed by atoms with Crippen LogP contribution in [-0.4, -0.2) is 33.2 Å². The molecule has 5 nitrogen and oxygen atoms in total. The van der Waals surface area contributed by atoms with E-state index in [0.29, 0.717) is 6.54 Å². The van der Waals surface area contributed by atoms with Crippen LogP contribution in [-0.2, 0) is 20.6 Å². The van der Waals surface area contributed by atoms with Gasteiger partial charge in [-0.25, -0.2) is 12.8 Å². The van der Waals surface area contributed by atoms with Gasteiger partial charge >= 0.3 is 0 Å². The number of carbonyl (C=O) groups excluding carboxylic acids is 1. The number of sulfonamides is 1. The molecule has 1 N–H and O–H groups in total. The predicted octanol–water partition coefficient (Wildman–Crippen LogP) is 5.42. The summed E-state index contributed by atoms with van der Waals surface area (Å²) in [5, 5.41) is 3.51. The highest BCUT2D eigenvalue weighted by atomic mass is 35.5. The Morgan fingerprint density at radius 3 is 2.38 bits per heavy atom. The molecule has 3 aromatic carbocycles. The lowest BCUT2D eigenvalue weighted by molar-refractivity contribution is -0.119. The number of anilines is 1. The zero-order valence-electron chi connectivity index (χ0n) is 18.7. The number of aryl methyl sites for hydroxylation is 1. The largest absolute Gasteiger partial charge is 0.354 e. The third-order valence-corrected chi connectivity index (χ3v) is 8.26. The molecule has 0 radical (unpaired) electrons. The van der Waals surface area contributed by atoms with Crippen molar-refractivity contribution in [1.29, 1.82) is 0 Å². The van der Waals surface area contributed by atoms with Gasteiger partial charge in [-0.1, -0.05) is 47.5 Å². The van der Waals surface area contributed by atoms with E-state index in [2.05, 4.69) is 5.32 Å². The molecule has 180 valence electrons. The summed E-state index contributed by atoms with van der Waals surface area (Å²) in [5.41, 5.74) is 2.19. The SMILES string of the molecule is Cc1ccc(S(=O)(=O)N(CC(=O)NCCCSCc2ccccc2Cl)c2ccc(F)cc2)cc1. The minimum atomic E-state index is -4.02. The van der Waals surface area contributed by atoms with Gasteiger partial charge in [0.1, 0.15) is 12.4 Å². The summed E-state index contributed by atoms with van der Waals surface area (Å²) in [6.45, 7) is 1.86. The summed E-state index contributed by atoms with van der Waals surface area (Å²) in [5.74, 6) is 0.668. The molecule has 0 saturated heterocycles. The van der Waals surface area contributed by atoms with E-state index in [-0.39, 0.29) is 10.6 Å². The van der Waals surface area contributed by atoms with Gasteiger partial charge in [-0.3, -0.25) is 9.10 Å². The number of thioether (sulfide) groups is 1. The van der Waals surface area contributed by atoms with Crippen LogP contribution in [0.15, 0.2) is 77.7 Å². The average Bonchev–Trinajstić information content (AvgIpc) is 2.82. The van der Waals surface area contributed by atoms with Crippen LogP contribution in [0.4, 0.5) is 10.1 Å². The molecule has 0 heterocycles. The Morgan fingerprint density at radius 1 is 1.03 bits per heavy atom. The molecule has 0 aliphatic carbocycles. The summed E-state index contributed by atoms with van der Waals surface area (Å²) in [7, 11) is -4.02. The molecule has 0 aliphatic heterocycles. The molecule has 0 bridgehead atoms. The van der Waals surface area contributed by atoms with Crippen molar-refractivity contribution in [2.24, 2.45) is 0 Å². The van der Waals surface area contributed by atoms with E-state index in [1.165, 1.54) is 36.4 Å². The Morgan fingerprint density at radius 2 is 1.71 bits per heavy atom. The van der Waals surface area contributed by atoms with Crippen LogP contribution >= 0.6 is 23.4 Å². The van der Waals surface area contributed by atoms with Gasteiger partial charge in [-0.15, -0.1) is 0 Å². The van der Waals surface area contributed by atoms with Crippen LogP contribution in [0, 0.1) is 12.7 Å². The summed E-state index contributed by atoms with van der Waals surface area (Å²) in [4.78, 5) is 12.7. The van der Waals surface area contributed by atoms with Crippen molar-refractivity contribution in [1.82, 2.24) is 5.32 Å². The lowest BCUT2D eigenvalue weighted by Gasteiger charge is -2.24. The molecule has 3 rings (SSSR count). The molecule has 0 spiro atoms. The highest BCUT2D eigenvalue weighted by Crippen LogP contribution is 2.24. The fourth-order valence-corrected chi connectivity index (χ4v) is 5.81. The number of halogens is 2. The Kier molecular flexibility index (Phi) is 9.38. The zero-order valence-corrected chi connectivity index (χ0v) is 21.1. The van der Waals surface area contributed by atoms with Gasteiger partial charge in [0, 0.05) is 17.3 Å². The van der Waals surface area contributed by atoms with Crippen molar-refractivity contribution >= 4 is 45.0 Å². The Hall–Kier alpha value is -2.55. The van der Waals surface area contributed by atoms with Crippen LogP contribution in [0.1, 0.15) is 17.5 Å². The Balaban J connectivity index is 1.59. The molecule has 1 amide bonds. The van der Waals surface area contributed by atoms with E-state index in [1.54, 1.807) is 23.9 Å². The average molecular weight is 521 g/mol. The van der Waals surface area contributed by atoms with Crippen molar-refractivity contribution in [2.75, 3.05) is 23.1 Å². The molecule has 0 aromatic heterocycles. The minimum Gasteiger partial charge on any atom is -0.354 e. The normalized spacial score (nSPS) is 11.3. The van der Waals surface area contributed by atoms with E-state index in [4.69, 9.17) is 11.6 Å². The van der Waals surface area contributed by atoms with Crippen molar-refractivity contribution in [3.63, 3.8) is 0 Å². The first-order valence-corrected chi connectivity index (χ1v) is 13.7. The lowest BCUT2D eigenvalue weighted by atomic mass is 10.2. The zero-order chi connectivity index (χ0) is 24.6. The maximum absolute atomic E-state index is 13.4. The molecule has 9 heteroatoms. The van der Waals surface area contributed by atoms with Gasteiger partial charge in [0.2, 0.25) is 5.91 Å². The smallest absolute Gasteiger partial charge is 0.264 e. The second-order valence-corrected chi connectivity index (χ2v) is 11.0. The molecule has 34 heavy (non-hydrogen) atoms. The number of nitrogens with one attached hydrogen (secondary N) is 1. The quantitative estimate of drug-likeness (QED) is 0.343. The molecular formula is C25H26ClFN2O3S2. The van der Waals surface area contributed by atoms with E-state index < -0.39 is 28.3 Å². The van der Waals surface area contributed by atoms with E-state index in [9.17, 15) is 17.6 Å². The monoisotopic (exact) mass is 520 g/mol. The van der Waals surface area contributed by atoms with Gasteiger partial charge < -0.3 is 5.32 Å². The third-order valence-electron chi connectivity index (χ3n) is 5.01. The topological polar surface area (TPSA) is 66.5 Å². The van der Waals surface area contributed by atoms with E-state index in [1.807, 2.05) is 31.2 Å².